The first-order valence-corrected chi connectivity index (χ1v) is 7.08. The summed E-state index contributed by atoms with van der Waals surface area (Å²) in [5.74, 6) is 0. The van der Waals surface area contributed by atoms with Crippen molar-refractivity contribution in [2.75, 3.05) is 0 Å². The van der Waals surface area contributed by atoms with Crippen molar-refractivity contribution in [2.45, 2.75) is 45.2 Å². The van der Waals surface area contributed by atoms with Crippen molar-refractivity contribution in [3.05, 3.63) is 53.9 Å². The predicted molar refractivity (Wildman–Crippen MR) is 79.0 cm³/mol. The van der Waals surface area contributed by atoms with Crippen LogP contribution in [0.25, 0.3) is 0 Å². The Labute approximate surface area is 115 Å². The first-order valence-electron chi connectivity index (χ1n) is 7.08. The average molecular weight is 257 g/mol. The summed E-state index contributed by atoms with van der Waals surface area (Å²) >= 11 is 0. The van der Waals surface area contributed by atoms with Gasteiger partial charge in [0.1, 0.15) is 0 Å². The second-order valence-electron chi connectivity index (χ2n) is 5.05. The molecule has 0 spiro atoms. The molecule has 1 heterocycles. The molecular weight excluding hydrogens is 234 g/mol. The molecule has 0 amide bonds. The van der Waals surface area contributed by atoms with E-state index in [1.54, 1.807) is 0 Å². The first-order chi connectivity index (χ1) is 9.28. The number of hydrogen-bond acceptors (Lipinski definition) is 2. The highest BCUT2D eigenvalue weighted by atomic mass is 15.3. The highest BCUT2D eigenvalue weighted by Gasteiger charge is 2.06. The highest BCUT2D eigenvalue weighted by Crippen LogP contribution is 2.09. The number of hydrogen-bond donors (Lipinski definition) is 1. The summed E-state index contributed by atoms with van der Waals surface area (Å²) in [5, 5.41) is 4.28. The largest absolute Gasteiger partial charge is 0.327 e. The van der Waals surface area contributed by atoms with Crippen LogP contribution >= 0.6 is 0 Å². The van der Waals surface area contributed by atoms with E-state index in [9.17, 15) is 0 Å². The van der Waals surface area contributed by atoms with Gasteiger partial charge in [-0.25, -0.2) is 0 Å². The summed E-state index contributed by atoms with van der Waals surface area (Å²) in [5.41, 5.74) is 8.82. The van der Waals surface area contributed by atoms with E-state index in [1.807, 2.05) is 10.9 Å². The Balaban J connectivity index is 1.71. The molecule has 19 heavy (non-hydrogen) atoms. The summed E-state index contributed by atoms with van der Waals surface area (Å²) in [6, 6.07) is 10.8. The summed E-state index contributed by atoms with van der Waals surface area (Å²) in [7, 11) is 0. The van der Waals surface area contributed by atoms with Crippen molar-refractivity contribution in [3.63, 3.8) is 0 Å². The predicted octanol–water partition coefficient (Wildman–Crippen LogP) is 2.80. The van der Waals surface area contributed by atoms with Crippen LogP contribution in [0.15, 0.2) is 42.7 Å². The van der Waals surface area contributed by atoms with Gasteiger partial charge in [-0.3, -0.25) is 4.68 Å². The molecule has 102 valence electrons. The third-order valence-electron chi connectivity index (χ3n) is 3.39. The Morgan fingerprint density at radius 2 is 2.00 bits per heavy atom. The molecule has 2 N–H and O–H groups in total. The van der Waals surface area contributed by atoms with E-state index in [-0.39, 0.29) is 6.04 Å². The molecule has 2 rings (SSSR count). The molecule has 0 aliphatic heterocycles. The second-order valence-corrected chi connectivity index (χ2v) is 5.05. The minimum atomic E-state index is 0.234. The Kier molecular flexibility index (Phi) is 5.16. The minimum Gasteiger partial charge on any atom is -0.327 e. The van der Waals surface area contributed by atoms with Gasteiger partial charge in [-0.2, -0.15) is 5.10 Å². The fourth-order valence-corrected chi connectivity index (χ4v) is 2.30. The van der Waals surface area contributed by atoms with Crippen LogP contribution in [0.5, 0.6) is 0 Å². The van der Waals surface area contributed by atoms with Gasteiger partial charge in [0.2, 0.25) is 0 Å². The maximum atomic E-state index is 6.18. The SMILES string of the molecule is CCn1cc(CC(N)CCCc2ccccc2)cn1. The van der Waals surface area contributed by atoms with Crippen molar-refractivity contribution >= 4 is 0 Å². The lowest BCUT2D eigenvalue weighted by atomic mass is 10.0. The van der Waals surface area contributed by atoms with Crippen LogP contribution in [0, 0.1) is 0 Å². The highest BCUT2D eigenvalue weighted by molar-refractivity contribution is 5.14. The van der Waals surface area contributed by atoms with Gasteiger partial charge in [0.25, 0.3) is 0 Å². The lowest BCUT2D eigenvalue weighted by Crippen LogP contribution is -2.22. The van der Waals surface area contributed by atoms with E-state index in [1.165, 1.54) is 11.1 Å². The zero-order chi connectivity index (χ0) is 13.5. The number of benzene rings is 1. The zero-order valence-electron chi connectivity index (χ0n) is 11.6. The van der Waals surface area contributed by atoms with Crippen molar-refractivity contribution in [1.82, 2.24) is 9.78 Å². The summed E-state index contributed by atoms with van der Waals surface area (Å²) in [4.78, 5) is 0. The molecule has 0 saturated heterocycles. The van der Waals surface area contributed by atoms with Crippen LogP contribution in [0.1, 0.15) is 30.9 Å². The molecule has 1 unspecified atom stereocenters. The first kappa shape index (κ1) is 13.8. The van der Waals surface area contributed by atoms with Crippen molar-refractivity contribution in [1.29, 1.82) is 0 Å². The maximum absolute atomic E-state index is 6.18. The molecule has 1 aromatic carbocycles. The van der Waals surface area contributed by atoms with Crippen LogP contribution in [0.3, 0.4) is 0 Å². The smallest absolute Gasteiger partial charge is 0.0522 e. The topological polar surface area (TPSA) is 43.8 Å². The second kappa shape index (κ2) is 7.10. The Morgan fingerprint density at radius 1 is 1.21 bits per heavy atom. The Bertz CT molecular complexity index is 476. The summed E-state index contributed by atoms with van der Waals surface area (Å²) in [6.45, 7) is 3.01. The van der Waals surface area contributed by atoms with Gasteiger partial charge in [0.15, 0.2) is 0 Å². The number of aromatic nitrogens is 2. The lowest BCUT2D eigenvalue weighted by molar-refractivity contribution is 0.579. The average Bonchev–Trinajstić information content (AvgIpc) is 2.87. The van der Waals surface area contributed by atoms with Crippen molar-refractivity contribution < 1.29 is 0 Å². The van der Waals surface area contributed by atoms with E-state index in [0.29, 0.717) is 0 Å². The number of nitrogens with zero attached hydrogens (tertiary/aromatic N) is 2. The van der Waals surface area contributed by atoms with Gasteiger partial charge >= 0.3 is 0 Å². The van der Waals surface area contributed by atoms with Crippen LogP contribution in [0.2, 0.25) is 0 Å². The van der Waals surface area contributed by atoms with E-state index in [4.69, 9.17) is 5.73 Å². The van der Waals surface area contributed by atoms with Gasteiger partial charge in [-0.15, -0.1) is 0 Å². The van der Waals surface area contributed by atoms with Gasteiger partial charge in [0.05, 0.1) is 6.20 Å². The Morgan fingerprint density at radius 3 is 2.68 bits per heavy atom. The normalized spacial score (nSPS) is 12.5. The molecule has 0 bridgehead atoms. The van der Waals surface area contributed by atoms with Crippen LogP contribution in [-0.2, 0) is 19.4 Å². The molecule has 0 aliphatic carbocycles. The molecular formula is C16H23N3. The summed E-state index contributed by atoms with van der Waals surface area (Å²) in [6.07, 6.45) is 8.27. The van der Waals surface area contributed by atoms with E-state index >= 15 is 0 Å². The van der Waals surface area contributed by atoms with E-state index in [2.05, 4.69) is 48.6 Å². The van der Waals surface area contributed by atoms with Gasteiger partial charge < -0.3 is 5.73 Å². The number of nitrogens with two attached hydrogens (primary N) is 1. The fourth-order valence-electron chi connectivity index (χ4n) is 2.30. The molecule has 0 fully saturated rings. The van der Waals surface area contributed by atoms with Gasteiger partial charge in [-0.05, 0) is 43.7 Å². The zero-order valence-corrected chi connectivity index (χ0v) is 11.6. The third kappa shape index (κ3) is 4.52. The van der Waals surface area contributed by atoms with Crippen molar-refractivity contribution in [2.24, 2.45) is 5.73 Å². The molecule has 2 aromatic rings. The van der Waals surface area contributed by atoms with E-state index < -0.39 is 0 Å². The number of aryl methyl sites for hydroxylation is 2. The lowest BCUT2D eigenvalue weighted by Gasteiger charge is -2.10. The van der Waals surface area contributed by atoms with Crippen LogP contribution in [-0.4, -0.2) is 15.8 Å². The molecule has 1 atom stereocenters. The standard InChI is InChI=1S/C16H23N3/c1-2-19-13-15(12-18-19)11-16(17)10-6-9-14-7-4-3-5-8-14/h3-5,7-8,12-13,16H,2,6,9-11,17H2,1H3. The molecule has 3 nitrogen and oxygen atoms in total. The molecule has 1 aromatic heterocycles. The molecule has 0 saturated carbocycles. The molecule has 0 radical (unpaired) electrons. The van der Waals surface area contributed by atoms with Crippen LogP contribution < -0.4 is 5.73 Å². The quantitative estimate of drug-likeness (QED) is 0.829. The fraction of sp³-hybridized carbons (Fsp3) is 0.438. The maximum Gasteiger partial charge on any atom is 0.0522 e. The number of rotatable bonds is 7. The monoisotopic (exact) mass is 257 g/mol. The van der Waals surface area contributed by atoms with Gasteiger partial charge in [-0.1, -0.05) is 30.3 Å². The minimum absolute atomic E-state index is 0.234. The van der Waals surface area contributed by atoms with Gasteiger partial charge in [0, 0.05) is 18.8 Å². The summed E-state index contributed by atoms with van der Waals surface area (Å²) < 4.78 is 1.95. The van der Waals surface area contributed by atoms with Crippen LogP contribution in [0.4, 0.5) is 0 Å². The third-order valence-corrected chi connectivity index (χ3v) is 3.39. The Hall–Kier alpha value is -1.61. The molecule has 0 aliphatic rings. The molecule has 3 heteroatoms. The van der Waals surface area contributed by atoms with E-state index in [0.717, 1.165) is 32.2 Å². The van der Waals surface area contributed by atoms with Crippen molar-refractivity contribution in [3.8, 4) is 0 Å².